The van der Waals surface area contributed by atoms with E-state index in [0.29, 0.717) is 16.9 Å². The molecular weight excluding hydrogens is 262 g/mol. The monoisotopic (exact) mass is 271 g/mol. The van der Waals surface area contributed by atoms with Crippen molar-refractivity contribution in [3.8, 4) is 22.9 Å². The molecule has 3 rings (SSSR count). The molecule has 3 aromatic rings. The zero-order chi connectivity index (χ0) is 14.1. The quantitative estimate of drug-likeness (QED) is 0.780. The van der Waals surface area contributed by atoms with E-state index in [9.17, 15) is 4.79 Å². The van der Waals surface area contributed by atoms with Crippen molar-refractivity contribution in [2.24, 2.45) is 0 Å². The van der Waals surface area contributed by atoms with Gasteiger partial charge in [-0.25, -0.2) is 4.79 Å². The van der Waals surface area contributed by atoms with Crippen LogP contribution in [-0.2, 0) is 0 Å². The number of carboxylic acids is 1. The van der Waals surface area contributed by atoms with Gasteiger partial charge in [-0.2, -0.15) is 0 Å². The lowest BCUT2D eigenvalue weighted by Crippen LogP contribution is -1.95. The first-order valence-corrected chi connectivity index (χ1v) is 5.74. The van der Waals surface area contributed by atoms with E-state index in [1.165, 1.54) is 18.3 Å². The minimum atomic E-state index is -1.01. The normalized spacial score (nSPS) is 10.7. The van der Waals surface area contributed by atoms with Gasteiger partial charge in [-0.3, -0.25) is 0 Å². The van der Waals surface area contributed by atoms with Crippen molar-refractivity contribution in [2.45, 2.75) is 6.92 Å². The van der Waals surface area contributed by atoms with Crippen LogP contribution in [0.25, 0.3) is 22.9 Å². The van der Waals surface area contributed by atoms with Gasteiger partial charge in [0, 0.05) is 5.56 Å². The maximum atomic E-state index is 10.9. The zero-order valence-electron chi connectivity index (χ0n) is 10.4. The lowest BCUT2D eigenvalue weighted by Gasteiger charge is -1.97. The fraction of sp³-hybridized carbons (Fsp3) is 0.0769. The molecular formula is C13H9N3O4. The number of carbonyl (C=O) groups is 1. The maximum absolute atomic E-state index is 10.9. The number of rotatable bonds is 3. The lowest BCUT2D eigenvalue weighted by atomic mass is 10.1. The highest BCUT2D eigenvalue weighted by Gasteiger charge is 2.15. The van der Waals surface area contributed by atoms with Crippen LogP contribution in [0, 0.1) is 6.92 Å². The van der Waals surface area contributed by atoms with Gasteiger partial charge in [0.15, 0.2) is 0 Å². The largest absolute Gasteiger partial charge is 0.478 e. The number of aryl methyl sites for hydroxylation is 1. The highest BCUT2D eigenvalue weighted by atomic mass is 16.5. The standard InChI is InChI=1S/C13H9N3O4/c1-7-10(6-14-20-7)12-16-15-11(19-12)8-3-2-4-9(5-8)13(17)18/h2-6H,1H3,(H,17,18). The van der Waals surface area contributed by atoms with Crippen LogP contribution < -0.4 is 0 Å². The van der Waals surface area contributed by atoms with Crippen molar-refractivity contribution < 1.29 is 18.8 Å². The molecule has 0 aliphatic carbocycles. The average Bonchev–Trinajstić information content (AvgIpc) is 3.07. The number of aromatic carboxylic acids is 1. The molecule has 7 nitrogen and oxygen atoms in total. The van der Waals surface area contributed by atoms with Crippen molar-refractivity contribution in [3.63, 3.8) is 0 Å². The summed E-state index contributed by atoms with van der Waals surface area (Å²) in [5, 5.41) is 20.4. The Labute approximate surface area is 112 Å². The second-order valence-corrected chi connectivity index (χ2v) is 4.09. The van der Waals surface area contributed by atoms with Crippen molar-refractivity contribution in [3.05, 3.63) is 41.8 Å². The summed E-state index contributed by atoms with van der Waals surface area (Å²) in [5.41, 5.74) is 1.30. The molecule has 2 heterocycles. The highest BCUT2D eigenvalue weighted by molar-refractivity contribution is 5.88. The molecule has 0 unspecified atom stereocenters. The number of hydrogen-bond acceptors (Lipinski definition) is 6. The zero-order valence-corrected chi connectivity index (χ0v) is 10.4. The second kappa shape index (κ2) is 4.61. The predicted octanol–water partition coefficient (Wildman–Crippen LogP) is 2.40. The highest BCUT2D eigenvalue weighted by Crippen LogP contribution is 2.26. The first-order valence-electron chi connectivity index (χ1n) is 5.74. The molecule has 0 atom stereocenters. The Morgan fingerprint density at radius 1 is 1.25 bits per heavy atom. The summed E-state index contributed by atoms with van der Waals surface area (Å²) in [6, 6.07) is 6.28. The Hall–Kier alpha value is -2.96. The summed E-state index contributed by atoms with van der Waals surface area (Å²) in [7, 11) is 0. The van der Waals surface area contributed by atoms with Crippen LogP contribution >= 0.6 is 0 Å². The topological polar surface area (TPSA) is 102 Å². The van der Waals surface area contributed by atoms with Crippen molar-refractivity contribution in [2.75, 3.05) is 0 Å². The second-order valence-electron chi connectivity index (χ2n) is 4.09. The van der Waals surface area contributed by atoms with Gasteiger partial charge < -0.3 is 14.0 Å². The molecule has 0 bridgehead atoms. The molecule has 20 heavy (non-hydrogen) atoms. The van der Waals surface area contributed by atoms with Crippen molar-refractivity contribution in [1.29, 1.82) is 0 Å². The molecule has 7 heteroatoms. The first kappa shape index (κ1) is 12.1. The molecule has 0 saturated heterocycles. The molecule has 1 aromatic carbocycles. The van der Waals surface area contributed by atoms with Crippen LogP contribution in [0.15, 0.2) is 39.4 Å². The van der Waals surface area contributed by atoms with Crippen LogP contribution in [0.2, 0.25) is 0 Å². The maximum Gasteiger partial charge on any atom is 0.335 e. The molecule has 0 amide bonds. The Morgan fingerprint density at radius 2 is 2.05 bits per heavy atom. The van der Waals surface area contributed by atoms with Crippen molar-refractivity contribution in [1.82, 2.24) is 15.4 Å². The lowest BCUT2D eigenvalue weighted by molar-refractivity contribution is 0.0697. The van der Waals surface area contributed by atoms with E-state index in [0.717, 1.165) is 0 Å². The molecule has 1 N–H and O–H groups in total. The van der Waals surface area contributed by atoms with Crippen LogP contribution in [0.5, 0.6) is 0 Å². The third-order valence-electron chi connectivity index (χ3n) is 2.76. The third-order valence-corrected chi connectivity index (χ3v) is 2.76. The van der Waals surface area contributed by atoms with Gasteiger partial charge in [-0.05, 0) is 25.1 Å². The fourth-order valence-electron chi connectivity index (χ4n) is 1.74. The predicted molar refractivity (Wildman–Crippen MR) is 66.9 cm³/mol. The van der Waals surface area contributed by atoms with E-state index in [1.807, 2.05) is 0 Å². The number of carboxylic acid groups (broad SMARTS) is 1. The van der Waals surface area contributed by atoms with Crippen LogP contribution in [0.1, 0.15) is 16.1 Å². The van der Waals surface area contributed by atoms with Crippen LogP contribution in [0.4, 0.5) is 0 Å². The molecule has 2 aromatic heterocycles. The number of hydrogen-bond donors (Lipinski definition) is 1. The van der Waals surface area contributed by atoms with Gasteiger partial charge in [-0.15, -0.1) is 10.2 Å². The van der Waals surface area contributed by atoms with Gasteiger partial charge in [0.1, 0.15) is 11.3 Å². The Balaban J connectivity index is 2.00. The summed E-state index contributed by atoms with van der Waals surface area (Å²) in [6.45, 7) is 1.73. The van der Waals surface area contributed by atoms with E-state index in [2.05, 4.69) is 15.4 Å². The summed E-state index contributed by atoms with van der Waals surface area (Å²) in [4.78, 5) is 10.9. The molecule has 0 fully saturated rings. The van der Waals surface area contributed by atoms with Gasteiger partial charge in [-0.1, -0.05) is 11.2 Å². The summed E-state index contributed by atoms with van der Waals surface area (Å²) in [5.74, 6) is 0.0733. The Kier molecular flexibility index (Phi) is 2.79. The molecule has 0 aliphatic rings. The van der Waals surface area contributed by atoms with E-state index in [-0.39, 0.29) is 17.3 Å². The fourth-order valence-corrected chi connectivity index (χ4v) is 1.74. The SMILES string of the molecule is Cc1oncc1-c1nnc(-c2cccc(C(=O)O)c2)o1. The first-order chi connectivity index (χ1) is 9.65. The molecule has 0 spiro atoms. The molecule has 0 saturated carbocycles. The smallest absolute Gasteiger partial charge is 0.335 e. The van der Waals surface area contributed by atoms with Crippen LogP contribution in [0.3, 0.4) is 0 Å². The number of benzene rings is 1. The van der Waals surface area contributed by atoms with E-state index < -0.39 is 5.97 Å². The van der Waals surface area contributed by atoms with Gasteiger partial charge in [0.05, 0.1) is 11.8 Å². The van der Waals surface area contributed by atoms with Gasteiger partial charge in [0.25, 0.3) is 5.89 Å². The number of nitrogens with zero attached hydrogens (tertiary/aromatic N) is 3. The van der Waals surface area contributed by atoms with E-state index >= 15 is 0 Å². The molecule has 0 aliphatic heterocycles. The van der Waals surface area contributed by atoms with Gasteiger partial charge in [0.2, 0.25) is 5.89 Å². The molecule has 0 radical (unpaired) electrons. The van der Waals surface area contributed by atoms with Gasteiger partial charge >= 0.3 is 5.97 Å². The summed E-state index contributed by atoms with van der Waals surface area (Å²) < 4.78 is 10.4. The third kappa shape index (κ3) is 2.05. The number of aromatic nitrogens is 3. The van der Waals surface area contributed by atoms with Crippen LogP contribution in [-0.4, -0.2) is 26.4 Å². The Morgan fingerprint density at radius 3 is 2.75 bits per heavy atom. The summed E-state index contributed by atoms with van der Waals surface area (Å²) in [6.07, 6.45) is 1.49. The molecule has 100 valence electrons. The van der Waals surface area contributed by atoms with E-state index in [4.69, 9.17) is 14.0 Å². The summed E-state index contributed by atoms with van der Waals surface area (Å²) >= 11 is 0. The minimum Gasteiger partial charge on any atom is -0.478 e. The van der Waals surface area contributed by atoms with E-state index in [1.54, 1.807) is 19.1 Å². The Bertz CT molecular complexity index is 775. The average molecular weight is 271 g/mol. The minimum absolute atomic E-state index is 0.156. The van der Waals surface area contributed by atoms with Crippen molar-refractivity contribution >= 4 is 5.97 Å².